The first-order valence-corrected chi connectivity index (χ1v) is 9.67. The van der Waals surface area contributed by atoms with Crippen LogP contribution in [-0.2, 0) is 0 Å². The predicted octanol–water partition coefficient (Wildman–Crippen LogP) is 3.46. The molecule has 0 aliphatic carbocycles. The highest BCUT2D eigenvalue weighted by atomic mass is 32.1. The molecule has 0 saturated carbocycles. The fourth-order valence-electron chi connectivity index (χ4n) is 3.94. The number of amides is 1. The number of ether oxygens (including phenoxy) is 1. The van der Waals surface area contributed by atoms with Crippen LogP contribution < -0.4 is 10.1 Å². The topological polar surface area (TPSA) is 54.5 Å². The Morgan fingerprint density at radius 3 is 2.60 bits per heavy atom. The van der Waals surface area contributed by atoms with Gasteiger partial charge in [-0.1, -0.05) is 11.3 Å². The summed E-state index contributed by atoms with van der Waals surface area (Å²) in [6.07, 6.45) is 4.17. The van der Waals surface area contributed by atoms with Crippen LogP contribution in [0.25, 0.3) is 0 Å². The Morgan fingerprint density at radius 2 is 2.00 bits per heavy atom. The lowest BCUT2D eigenvalue weighted by molar-refractivity contribution is 0.0217. The van der Waals surface area contributed by atoms with E-state index in [2.05, 4.69) is 22.1 Å². The molecule has 2 bridgehead atoms. The number of carbonyl (C=O) groups excluding carboxylic acids is 1. The van der Waals surface area contributed by atoms with Crippen molar-refractivity contribution in [2.24, 2.45) is 5.92 Å². The van der Waals surface area contributed by atoms with Crippen molar-refractivity contribution in [3.8, 4) is 10.9 Å². The third-order valence-electron chi connectivity index (χ3n) is 5.40. The Labute approximate surface area is 152 Å². The zero-order valence-electron chi connectivity index (χ0n) is 14.6. The fourth-order valence-corrected chi connectivity index (χ4v) is 4.56. The largest absolute Gasteiger partial charge is 0.431 e. The molecular formula is C19H23N3O2S. The highest BCUT2D eigenvalue weighted by Gasteiger charge is 2.40. The zero-order chi connectivity index (χ0) is 17.4. The lowest BCUT2D eigenvalue weighted by atomic mass is 9.79. The minimum Gasteiger partial charge on any atom is -0.431 e. The van der Waals surface area contributed by atoms with Crippen LogP contribution in [0.3, 0.4) is 0 Å². The summed E-state index contributed by atoms with van der Waals surface area (Å²) in [5.74, 6) is 1.31. The van der Waals surface area contributed by atoms with Crippen molar-refractivity contribution in [1.82, 2.24) is 15.2 Å². The fraction of sp³-hybridized carbons (Fsp3) is 0.474. The smallest absolute Gasteiger partial charge is 0.278 e. The van der Waals surface area contributed by atoms with Crippen LogP contribution in [-0.4, -0.2) is 41.0 Å². The van der Waals surface area contributed by atoms with E-state index in [0.29, 0.717) is 28.5 Å². The molecule has 5 rings (SSSR count). The molecule has 3 aliphatic heterocycles. The van der Waals surface area contributed by atoms with E-state index < -0.39 is 0 Å². The summed E-state index contributed by atoms with van der Waals surface area (Å²) in [7, 11) is 0. The molecule has 6 heteroatoms. The van der Waals surface area contributed by atoms with Crippen molar-refractivity contribution < 1.29 is 9.53 Å². The molecule has 1 amide bonds. The summed E-state index contributed by atoms with van der Waals surface area (Å²) >= 11 is 1.51. The molecule has 1 N–H and O–H groups in total. The summed E-state index contributed by atoms with van der Waals surface area (Å²) in [5.41, 5.74) is 0.673. The van der Waals surface area contributed by atoms with E-state index in [9.17, 15) is 4.79 Å². The normalized spacial score (nSPS) is 27.9. The van der Waals surface area contributed by atoms with Gasteiger partial charge in [0, 0.05) is 28.7 Å². The first-order chi connectivity index (χ1) is 12.1. The number of nitrogens with zero attached hydrogens (tertiary/aromatic N) is 2. The molecule has 2 atom stereocenters. The molecule has 3 aliphatic rings. The Kier molecular flexibility index (Phi) is 4.48. The van der Waals surface area contributed by atoms with Gasteiger partial charge in [-0.15, -0.1) is 0 Å². The molecule has 1 aromatic carbocycles. The van der Waals surface area contributed by atoms with E-state index in [1.54, 1.807) is 6.20 Å². The molecule has 2 unspecified atom stereocenters. The Bertz CT molecular complexity index is 748. The van der Waals surface area contributed by atoms with Gasteiger partial charge in [0.25, 0.3) is 11.1 Å². The second-order valence-corrected chi connectivity index (χ2v) is 8.17. The summed E-state index contributed by atoms with van der Waals surface area (Å²) in [5, 5.41) is 3.88. The first-order valence-electron chi connectivity index (χ1n) is 8.85. The second-order valence-electron chi connectivity index (χ2n) is 6.98. The van der Waals surface area contributed by atoms with Gasteiger partial charge < -0.3 is 10.1 Å². The Balaban J connectivity index is 1.40. The molecule has 132 valence electrons. The van der Waals surface area contributed by atoms with E-state index in [-0.39, 0.29) is 11.9 Å². The monoisotopic (exact) mass is 357 g/mol. The Morgan fingerprint density at radius 1 is 1.28 bits per heavy atom. The number of benzene rings is 1. The first kappa shape index (κ1) is 16.5. The maximum absolute atomic E-state index is 12.6. The van der Waals surface area contributed by atoms with Crippen LogP contribution in [0.4, 0.5) is 0 Å². The number of fused-ring (bicyclic) bond motifs is 3. The van der Waals surface area contributed by atoms with Crippen LogP contribution in [0.2, 0.25) is 0 Å². The molecule has 3 saturated heterocycles. The van der Waals surface area contributed by atoms with Crippen molar-refractivity contribution in [2.75, 3.05) is 13.1 Å². The summed E-state index contributed by atoms with van der Waals surface area (Å²) < 4.78 is 5.71. The molecule has 4 heterocycles. The third kappa shape index (κ3) is 3.41. The SMILES string of the molecule is Cc1cnc(Oc2ccc(C(=O)NC3C4CCN(CC4)C3C)cc2)s1. The molecule has 5 nitrogen and oxygen atoms in total. The molecule has 0 spiro atoms. The van der Waals surface area contributed by atoms with Crippen LogP contribution in [0.1, 0.15) is 35.0 Å². The van der Waals surface area contributed by atoms with Gasteiger partial charge in [0.2, 0.25) is 0 Å². The van der Waals surface area contributed by atoms with Crippen LogP contribution >= 0.6 is 11.3 Å². The molecule has 25 heavy (non-hydrogen) atoms. The molecular weight excluding hydrogens is 334 g/mol. The second kappa shape index (κ2) is 6.77. The van der Waals surface area contributed by atoms with E-state index in [1.165, 1.54) is 37.3 Å². The summed E-state index contributed by atoms with van der Waals surface area (Å²) in [6, 6.07) is 7.96. The number of hydrogen-bond donors (Lipinski definition) is 1. The van der Waals surface area contributed by atoms with Gasteiger partial charge in [0.05, 0.1) is 0 Å². The zero-order valence-corrected chi connectivity index (χ0v) is 15.4. The van der Waals surface area contributed by atoms with Crippen molar-refractivity contribution >= 4 is 17.2 Å². The van der Waals surface area contributed by atoms with Gasteiger partial charge in [-0.25, -0.2) is 4.98 Å². The summed E-state index contributed by atoms with van der Waals surface area (Å²) in [4.78, 5) is 20.4. The van der Waals surface area contributed by atoms with Crippen LogP contribution in [0.5, 0.6) is 10.9 Å². The number of rotatable bonds is 4. The maximum atomic E-state index is 12.6. The maximum Gasteiger partial charge on any atom is 0.278 e. The number of aryl methyl sites for hydroxylation is 1. The quantitative estimate of drug-likeness (QED) is 0.910. The van der Waals surface area contributed by atoms with E-state index in [0.717, 1.165) is 4.88 Å². The van der Waals surface area contributed by atoms with E-state index >= 15 is 0 Å². The number of hydrogen-bond acceptors (Lipinski definition) is 5. The third-order valence-corrected chi connectivity index (χ3v) is 6.19. The van der Waals surface area contributed by atoms with Crippen LogP contribution in [0.15, 0.2) is 30.5 Å². The van der Waals surface area contributed by atoms with Crippen molar-refractivity contribution in [2.45, 2.75) is 38.8 Å². The number of aromatic nitrogens is 1. The average molecular weight is 357 g/mol. The highest BCUT2D eigenvalue weighted by molar-refractivity contribution is 7.13. The van der Waals surface area contributed by atoms with Gasteiger partial charge in [0.15, 0.2) is 0 Å². The number of nitrogens with one attached hydrogen (secondary N) is 1. The predicted molar refractivity (Wildman–Crippen MR) is 98.4 cm³/mol. The van der Waals surface area contributed by atoms with Gasteiger partial charge in [-0.3, -0.25) is 9.69 Å². The number of piperidine rings is 3. The molecule has 0 radical (unpaired) electrons. The molecule has 2 aromatic rings. The summed E-state index contributed by atoms with van der Waals surface area (Å²) in [6.45, 7) is 6.55. The van der Waals surface area contributed by atoms with Gasteiger partial charge in [-0.2, -0.15) is 0 Å². The lowest BCUT2D eigenvalue weighted by Crippen LogP contribution is -2.62. The van der Waals surface area contributed by atoms with Crippen molar-refractivity contribution in [3.63, 3.8) is 0 Å². The standard InChI is InChI=1S/C19H23N3O2S/c1-12-11-20-19(25-12)24-16-5-3-15(4-6-16)18(23)21-17-13(2)22-9-7-14(17)8-10-22/h3-6,11,13-14,17H,7-10H2,1-2H3,(H,21,23). The Hall–Kier alpha value is -1.92. The average Bonchev–Trinajstić information content (AvgIpc) is 3.04. The number of thiazole rings is 1. The molecule has 3 fully saturated rings. The van der Waals surface area contributed by atoms with Crippen molar-refractivity contribution in [3.05, 3.63) is 40.9 Å². The minimum absolute atomic E-state index is 0.00208. The van der Waals surface area contributed by atoms with Gasteiger partial charge >= 0.3 is 0 Å². The molecule has 1 aromatic heterocycles. The lowest BCUT2D eigenvalue weighted by Gasteiger charge is -2.49. The highest BCUT2D eigenvalue weighted by Crippen LogP contribution is 2.32. The van der Waals surface area contributed by atoms with E-state index in [4.69, 9.17) is 4.74 Å². The van der Waals surface area contributed by atoms with Gasteiger partial charge in [-0.05, 0) is 70.0 Å². The van der Waals surface area contributed by atoms with E-state index in [1.807, 2.05) is 31.2 Å². The van der Waals surface area contributed by atoms with Gasteiger partial charge in [0.1, 0.15) is 5.75 Å². The van der Waals surface area contributed by atoms with Crippen molar-refractivity contribution in [1.29, 1.82) is 0 Å². The van der Waals surface area contributed by atoms with Crippen LogP contribution in [0, 0.1) is 12.8 Å². The minimum atomic E-state index is 0.00208. The number of carbonyl (C=O) groups is 1.